The van der Waals surface area contributed by atoms with Crippen LogP contribution in [0.1, 0.15) is 24.8 Å². The molecule has 3 heteroatoms. The van der Waals surface area contributed by atoms with Crippen molar-refractivity contribution in [3.63, 3.8) is 0 Å². The van der Waals surface area contributed by atoms with Gasteiger partial charge in [-0.2, -0.15) is 0 Å². The summed E-state index contributed by atoms with van der Waals surface area (Å²) >= 11 is 1.76. The molecule has 2 nitrogen and oxygen atoms in total. The predicted molar refractivity (Wildman–Crippen MR) is 87.1 cm³/mol. The summed E-state index contributed by atoms with van der Waals surface area (Å²) in [5.41, 5.74) is 9.37. The summed E-state index contributed by atoms with van der Waals surface area (Å²) < 4.78 is 1.24. The molecule has 0 fully saturated rings. The molecule has 0 saturated heterocycles. The van der Waals surface area contributed by atoms with E-state index < -0.39 is 0 Å². The quantitative estimate of drug-likeness (QED) is 0.769. The second-order valence-corrected chi connectivity index (χ2v) is 6.08. The number of aromatic nitrogens is 1. The molecule has 2 N–H and O–H groups in total. The molecule has 3 rings (SSSR count). The van der Waals surface area contributed by atoms with Crippen molar-refractivity contribution in [2.45, 2.75) is 19.3 Å². The molecule has 102 valence electrons. The van der Waals surface area contributed by atoms with Gasteiger partial charge in [0.2, 0.25) is 0 Å². The lowest BCUT2D eigenvalue weighted by Gasteiger charge is -2.14. The van der Waals surface area contributed by atoms with Crippen molar-refractivity contribution in [1.82, 2.24) is 4.98 Å². The summed E-state index contributed by atoms with van der Waals surface area (Å²) in [7, 11) is 0. The largest absolute Gasteiger partial charge is 0.330 e. The third-order valence-electron chi connectivity index (χ3n) is 3.62. The minimum Gasteiger partial charge on any atom is -0.330 e. The number of para-hydroxylation sites is 1. The van der Waals surface area contributed by atoms with E-state index in [-0.39, 0.29) is 0 Å². The van der Waals surface area contributed by atoms with Gasteiger partial charge in [0, 0.05) is 5.56 Å². The molecule has 1 unspecified atom stereocenters. The highest BCUT2D eigenvalue weighted by Gasteiger charge is 2.14. The van der Waals surface area contributed by atoms with E-state index >= 15 is 0 Å². The predicted octanol–water partition coefficient (Wildman–Crippen LogP) is 4.42. The van der Waals surface area contributed by atoms with Crippen LogP contribution >= 0.6 is 11.3 Å². The average Bonchev–Trinajstić information content (AvgIpc) is 2.91. The summed E-state index contributed by atoms with van der Waals surface area (Å²) in [4.78, 5) is 4.77. The van der Waals surface area contributed by atoms with Crippen LogP contribution in [0.25, 0.3) is 20.8 Å². The Morgan fingerprint density at radius 2 is 1.85 bits per heavy atom. The van der Waals surface area contributed by atoms with Crippen molar-refractivity contribution < 1.29 is 0 Å². The van der Waals surface area contributed by atoms with Crippen LogP contribution in [-0.4, -0.2) is 11.5 Å². The normalized spacial score (nSPS) is 12.7. The SMILES string of the molecule is CC(CCN)c1ccccc1-c1nc2ccccc2s1. The minimum absolute atomic E-state index is 0.461. The van der Waals surface area contributed by atoms with Crippen molar-refractivity contribution in [1.29, 1.82) is 0 Å². The third-order valence-corrected chi connectivity index (χ3v) is 4.69. The lowest BCUT2D eigenvalue weighted by atomic mass is 9.93. The molecule has 1 heterocycles. The van der Waals surface area contributed by atoms with Gasteiger partial charge in [-0.1, -0.05) is 43.3 Å². The number of nitrogens with zero attached hydrogens (tertiary/aromatic N) is 1. The van der Waals surface area contributed by atoms with E-state index in [9.17, 15) is 0 Å². The number of nitrogens with two attached hydrogens (primary N) is 1. The minimum atomic E-state index is 0.461. The summed E-state index contributed by atoms with van der Waals surface area (Å²) in [6.45, 7) is 2.95. The Bertz CT molecular complexity index is 685. The molecule has 0 radical (unpaired) electrons. The van der Waals surface area contributed by atoms with Gasteiger partial charge in [0.25, 0.3) is 0 Å². The molecule has 1 atom stereocenters. The molecular formula is C17H18N2S. The second kappa shape index (κ2) is 5.73. The van der Waals surface area contributed by atoms with Crippen LogP contribution in [0.2, 0.25) is 0 Å². The second-order valence-electron chi connectivity index (χ2n) is 5.05. The third kappa shape index (κ3) is 2.47. The number of fused-ring (bicyclic) bond motifs is 1. The van der Waals surface area contributed by atoms with Crippen molar-refractivity contribution in [3.05, 3.63) is 54.1 Å². The first kappa shape index (κ1) is 13.3. The Balaban J connectivity index is 2.09. The molecule has 0 bridgehead atoms. The zero-order valence-electron chi connectivity index (χ0n) is 11.5. The van der Waals surface area contributed by atoms with Crippen LogP contribution in [0.15, 0.2) is 48.5 Å². The van der Waals surface area contributed by atoms with Gasteiger partial charge in [0.05, 0.1) is 10.2 Å². The standard InChI is InChI=1S/C17H18N2S/c1-12(10-11-18)13-6-2-3-7-14(13)17-19-15-8-4-5-9-16(15)20-17/h2-9,12H,10-11,18H2,1H3. The monoisotopic (exact) mass is 282 g/mol. The van der Waals surface area contributed by atoms with Crippen LogP contribution in [0.5, 0.6) is 0 Å². The molecule has 3 aromatic rings. The molecule has 0 amide bonds. The van der Waals surface area contributed by atoms with Gasteiger partial charge in [-0.15, -0.1) is 11.3 Å². The summed E-state index contributed by atoms with van der Waals surface area (Å²) in [5, 5.41) is 1.10. The lowest BCUT2D eigenvalue weighted by Crippen LogP contribution is -2.05. The molecule has 0 spiro atoms. The van der Waals surface area contributed by atoms with Crippen LogP contribution in [0.4, 0.5) is 0 Å². The first-order valence-corrected chi connectivity index (χ1v) is 7.76. The molecule has 2 aromatic carbocycles. The van der Waals surface area contributed by atoms with Gasteiger partial charge in [-0.05, 0) is 36.6 Å². The Morgan fingerprint density at radius 1 is 1.10 bits per heavy atom. The first-order valence-electron chi connectivity index (χ1n) is 6.94. The van der Waals surface area contributed by atoms with Crippen LogP contribution in [0.3, 0.4) is 0 Å². The fourth-order valence-electron chi connectivity index (χ4n) is 2.51. The van der Waals surface area contributed by atoms with Crippen molar-refractivity contribution in [3.8, 4) is 10.6 Å². The highest BCUT2D eigenvalue weighted by molar-refractivity contribution is 7.21. The number of rotatable bonds is 4. The summed E-state index contributed by atoms with van der Waals surface area (Å²) in [5.74, 6) is 0.461. The summed E-state index contributed by atoms with van der Waals surface area (Å²) in [6.07, 6.45) is 1.00. The zero-order valence-corrected chi connectivity index (χ0v) is 12.4. The van der Waals surface area contributed by atoms with Crippen molar-refractivity contribution in [2.24, 2.45) is 5.73 Å². The molecular weight excluding hydrogens is 264 g/mol. The lowest BCUT2D eigenvalue weighted by molar-refractivity contribution is 0.691. The Labute approximate surface area is 123 Å². The molecule has 0 aliphatic rings. The van der Waals surface area contributed by atoms with Gasteiger partial charge in [-0.3, -0.25) is 0 Å². The van der Waals surface area contributed by atoms with E-state index in [0.29, 0.717) is 5.92 Å². The van der Waals surface area contributed by atoms with E-state index in [4.69, 9.17) is 10.7 Å². The molecule has 1 aromatic heterocycles. The Kier molecular flexibility index (Phi) is 3.81. The van der Waals surface area contributed by atoms with Crippen LogP contribution < -0.4 is 5.73 Å². The number of benzene rings is 2. The van der Waals surface area contributed by atoms with E-state index in [1.165, 1.54) is 15.8 Å². The highest BCUT2D eigenvalue weighted by Crippen LogP contribution is 2.35. The molecule has 0 saturated carbocycles. The Morgan fingerprint density at radius 3 is 2.65 bits per heavy atom. The summed E-state index contributed by atoms with van der Waals surface area (Å²) in [6, 6.07) is 16.8. The van der Waals surface area contributed by atoms with Crippen LogP contribution in [0, 0.1) is 0 Å². The van der Waals surface area contributed by atoms with Crippen molar-refractivity contribution in [2.75, 3.05) is 6.54 Å². The van der Waals surface area contributed by atoms with Crippen molar-refractivity contribution >= 4 is 21.6 Å². The molecule has 0 aliphatic carbocycles. The van der Waals surface area contributed by atoms with Gasteiger partial charge < -0.3 is 5.73 Å². The van der Waals surface area contributed by atoms with Crippen LogP contribution in [-0.2, 0) is 0 Å². The molecule has 20 heavy (non-hydrogen) atoms. The Hall–Kier alpha value is -1.71. The number of hydrogen-bond donors (Lipinski definition) is 1. The van der Waals surface area contributed by atoms with E-state index in [0.717, 1.165) is 23.5 Å². The molecule has 0 aliphatic heterocycles. The van der Waals surface area contributed by atoms with Gasteiger partial charge >= 0.3 is 0 Å². The highest BCUT2D eigenvalue weighted by atomic mass is 32.1. The first-order chi connectivity index (χ1) is 9.79. The fourth-order valence-corrected chi connectivity index (χ4v) is 3.53. The average molecular weight is 282 g/mol. The number of hydrogen-bond acceptors (Lipinski definition) is 3. The zero-order chi connectivity index (χ0) is 13.9. The number of thiazole rings is 1. The topological polar surface area (TPSA) is 38.9 Å². The van der Waals surface area contributed by atoms with E-state index in [1.54, 1.807) is 11.3 Å². The van der Waals surface area contributed by atoms with E-state index in [2.05, 4.69) is 49.4 Å². The smallest absolute Gasteiger partial charge is 0.124 e. The van der Waals surface area contributed by atoms with E-state index in [1.807, 2.05) is 6.07 Å². The maximum absolute atomic E-state index is 5.70. The fraction of sp³-hybridized carbons (Fsp3) is 0.235. The van der Waals surface area contributed by atoms with Gasteiger partial charge in [0.15, 0.2) is 0 Å². The maximum atomic E-state index is 5.70. The maximum Gasteiger partial charge on any atom is 0.124 e. The van der Waals surface area contributed by atoms with Gasteiger partial charge in [0.1, 0.15) is 5.01 Å². The van der Waals surface area contributed by atoms with Gasteiger partial charge in [-0.25, -0.2) is 4.98 Å².